The fourth-order valence-electron chi connectivity index (χ4n) is 2.83. The van der Waals surface area contributed by atoms with Gasteiger partial charge in [-0.1, -0.05) is 23.3 Å². The van der Waals surface area contributed by atoms with Crippen LogP contribution in [0.5, 0.6) is 0 Å². The molecule has 0 bridgehead atoms. The summed E-state index contributed by atoms with van der Waals surface area (Å²) in [7, 11) is 2.51. The van der Waals surface area contributed by atoms with E-state index in [9.17, 15) is 14.7 Å². The smallest absolute Gasteiger partial charge is 0.338 e. The van der Waals surface area contributed by atoms with E-state index in [-0.39, 0.29) is 17.6 Å². The molecule has 0 saturated heterocycles. The number of allylic oxidation sites excluding steroid dienone is 4. The molecule has 0 aromatic carbocycles. The van der Waals surface area contributed by atoms with Gasteiger partial charge >= 0.3 is 11.9 Å². The van der Waals surface area contributed by atoms with Crippen LogP contribution in [0.15, 0.2) is 46.1 Å². The number of methoxy groups -OCH3 is 2. The van der Waals surface area contributed by atoms with E-state index in [4.69, 9.17) is 9.47 Å². The van der Waals surface area contributed by atoms with Crippen LogP contribution in [0.3, 0.4) is 0 Å². The maximum Gasteiger partial charge on any atom is 0.338 e. The number of carbonyl (C=O) groups excluding carboxylic acids is 2. The molecule has 1 rings (SSSR count). The summed E-state index contributed by atoms with van der Waals surface area (Å²) in [5.74, 6) is -1.21. The van der Waals surface area contributed by atoms with Crippen molar-refractivity contribution in [3.05, 3.63) is 46.1 Å². The number of rotatable bonds is 8. The molecule has 5 nitrogen and oxygen atoms in total. The second-order valence-electron chi connectivity index (χ2n) is 6.72. The molecule has 0 fully saturated rings. The van der Waals surface area contributed by atoms with Crippen LogP contribution in [0.1, 0.15) is 52.9 Å². The second kappa shape index (κ2) is 10.8. The fourth-order valence-corrected chi connectivity index (χ4v) is 2.83. The molecule has 1 aliphatic rings. The molecule has 144 valence electrons. The molecule has 1 atom stereocenters. The molecule has 5 heteroatoms. The number of hydrogen-bond donors (Lipinski definition) is 1. The SMILES string of the molecule is COC(=O)C1=C(C(=O)OC)CC(O)C(CC/C=C(\C)CCC=C(C)C)=C1. The third-order valence-electron chi connectivity index (χ3n) is 4.33. The topological polar surface area (TPSA) is 72.8 Å². The van der Waals surface area contributed by atoms with Gasteiger partial charge in [0.1, 0.15) is 0 Å². The predicted octanol–water partition coefficient (Wildman–Crippen LogP) is 3.79. The number of hydrogen-bond acceptors (Lipinski definition) is 5. The molecule has 1 unspecified atom stereocenters. The van der Waals surface area contributed by atoms with Crippen LogP contribution in [0, 0.1) is 0 Å². The first kappa shape index (κ1) is 21.9. The highest BCUT2D eigenvalue weighted by Gasteiger charge is 2.29. The third-order valence-corrected chi connectivity index (χ3v) is 4.33. The fraction of sp³-hybridized carbons (Fsp3) is 0.524. The van der Waals surface area contributed by atoms with Crippen LogP contribution in [0.4, 0.5) is 0 Å². The Kier molecular flexibility index (Phi) is 9.07. The molecule has 0 amide bonds. The summed E-state index contributed by atoms with van der Waals surface area (Å²) in [6.45, 7) is 6.27. The molecule has 0 heterocycles. The summed E-state index contributed by atoms with van der Waals surface area (Å²) in [6, 6.07) is 0. The largest absolute Gasteiger partial charge is 0.466 e. The van der Waals surface area contributed by atoms with E-state index in [1.807, 2.05) is 0 Å². The van der Waals surface area contributed by atoms with Crippen molar-refractivity contribution < 1.29 is 24.2 Å². The molecular formula is C21H30O5. The standard InChI is InChI=1S/C21H30O5/c1-14(2)8-6-9-15(3)10-7-11-16-12-17(20(23)25-4)18(13-19(16)22)21(24)26-5/h8,10,12,19,22H,6-7,9,11,13H2,1-5H3/b15-10+. The minimum Gasteiger partial charge on any atom is -0.466 e. The average molecular weight is 362 g/mol. The molecule has 0 spiro atoms. The molecule has 0 aromatic rings. The Labute approximate surface area is 156 Å². The van der Waals surface area contributed by atoms with Crippen molar-refractivity contribution in [3.8, 4) is 0 Å². The molecule has 0 saturated carbocycles. The van der Waals surface area contributed by atoms with Crippen molar-refractivity contribution >= 4 is 11.9 Å². The van der Waals surface area contributed by atoms with E-state index >= 15 is 0 Å². The Morgan fingerprint density at radius 1 is 1.12 bits per heavy atom. The van der Waals surface area contributed by atoms with E-state index in [1.54, 1.807) is 6.08 Å². The average Bonchev–Trinajstić information content (AvgIpc) is 2.61. The molecule has 0 radical (unpaired) electrons. The molecular weight excluding hydrogens is 332 g/mol. The summed E-state index contributed by atoms with van der Waals surface area (Å²) in [5.41, 5.74) is 3.67. The Morgan fingerprint density at radius 3 is 2.35 bits per heavy atom. The van der Waals surface area contributed by atoms with Gasteiger partial charge in [-0.3, -0.25) is 0 Å². The van der Waals surface area contributed by atoms with Crippen molar-refractivity contribution in [1.82, 2.24) is 0 Å². The highest BCUT2D eigenvalue weighted by Crippen LogP contribution is 2.29. The van der Waals surface area contributed by atoms with Gasteiger partial charge in [0.05, 0.1) is 31.5 Å². The van der Waals surface area contributed by atoms with Crippen molar-refractivity contribution in [1.29, 1.82) is 0 Å². The van der Waals surface area contributed by atoms with Crippen LogP contribution in [-0.2, 0) is 19.1 Å². The zero-order valence-corrected chi connectivity index (χ0v) is 16.4. The van der Waals surface area contributed by atoms with E-state index in [0.717, 1.165) is 24.8 Å². The zero-order valence-electron chi connectivity index (χ0n) is 16.4. The van der Waals surface area contributed by atoms with Gasteiger partial charge in [-0.2, -0.15) is 0 Å². The van der Waals surface area contributed by atoms with Gasteiger partial charge in [0, 0.05) is 6.42 Å². The van der Waals surface area contributed by atoms with Gasteiger partial charge < -0.3 is 14.6 Å². The normalized spacial score (nSPS) is 17.5. The van der Waals surface area contributed by atoms with Gasteiger partial charge in [0.25, 0.3) is 0 Å². The van der Waals surface area contributed by atoms with Crippen LogP contribution in [0.2, 0.25) is 0 Å². The van der Waals surface area contributed by atoms with Gasteiger partial charge in [0.15, 0.2) is 0 Å². The van der Waals surface area contributed by atoms with Gasteiger partial charge in [-0.25, -0.2) is 9.59 Å². The molecule has 0 aliphatic heterocycles. The van der Waals surface area contributed by atoms with E-state index in [2.05, 4.69) is 32.9 Å². The summed E-state index contributed by atoms with van der Waals surface area (Å²) < 4.78 is 9.46. The van der Waals surface area contributed by atoms with Crippen LogP contribution < -0.4 is 0 Å². The summed E-state index contributed by atoms with van der Waals surface area (Å²) in [6.07, 6.45) is 8.63. The first-order chi connectivity index (χ1) is 12.3. The summed E-state index contributed by atoms with van der Waals surface area (Å²) in [5, 5.41) is 10.3. The summed E-state index contributed by atoms with van der Waals surface area (Å²) in [4.78, 5) is 23.8. The van der Waals surface area contributed by atoms with Crippen molar-refractivity contribution in [3.63, 3.8) is 0 Å². The van der Waals surface area contributed by atoms with E-state index in [1.165, 1.54) is 25.4 Å². The quantitative estimate of drug-likeness (QED) is 0.525. The lowest BCUT2D eigenvalue weighted by Crippen LogP contribution is -2.24. The van der Waals surface area contributed by atoms with Crippen LogP contribution >= 0.6 is 0 Å². The molecule has 1 aliphatic carbocycles. The lowest BCUT2D eigenvalue weighted by molar-refractivity contribution is -0.139. The molecule has 0 aromatic heterocycles. The lowest BCUT2D eigenvalue weighted by Gasteiger charge is -2.22. The Hall–Kier alpha value is -2.14. The summed E-state index contributed by atoms with van der Waals surface area (Å²) >= 11 is 0. The maximum absolute atomic E-state index is 12.0. The number of esters is 2. The Bertz CT molecular complexity index is 645. The van der Waals surface area contributed by atoms with Crippen molar-refractivity contribution in [2.24, 2.45) is 0 Å². The number of aliphatic hydroxyl groups is 1. The maximum atomic E-state index is 12.0. The van der Waals surface area contributed by atoms with E-state index < -0.39 is 18.0 Å². The first-order valence-corrected chi connectivity index (χ1v) is 8.87. The van der Waals surface area contributed by atoms with Gasteiger partial charge in [-0.15, -0.1) is 0 Å². The molecule has 1 N–H and O–H groups in total. The van der Waals surface area contributed by atoms with Crippen molar-refractivity contribution in [2.45, 2.75) is 59.0 Å². The number of carbonyl (C=O) groups is 2. The minimum atomic E-state index is -0.795. The lowest BCUT2D eigenvalue weighted by atomic mass is 9.87. The van der Waals surface area contributed by atoms with Crippen molar-refractivity contribution in [2.75, 3.05) is 14.2 Å². The molecule has 26 heavy (non-hydrogen) atoms. The highest BCUT2D eigenvalue weighted by atomic mass is 16.5. The van der Waals surface area contributed by atoms with E-state index in [0.29, 0.717) is 6.42 Å². The van der Waals surface area contributed by atoms with Crippen LogP contribution in [0.25, 0.3) is 0 Å². The number of aliphatic hydroxyl groups excluding tert-OH is 1. The monoisotopic (exact) mass is 362 g/mol. The second-order valence-corrected chi connectivity index (χ2v) is 6.72. The first-order valence-electron chi connectivity index (χ1n) is 8.87. The zero-order chi connectivity index (χ0) is 19.7. The van der Waals surface area contributed by atoms with Gasteiger partial charge in [-0.05, 0) is 58.1 Å². The third kappa shape index (κ3) is 6.64. The van der Waals surface area contributed by atoms with Crippen LogP contribution in [-0.4, -0.2) is 37.4 Å². The Balaban J connectivity index is 2.83. The predicted molar refractivity (Wildman–Crippen MR) is 101 cm³/mol. The highest BCUT2D eigenvalue weighted by molar-refractivity contribution is 6.03. The van der Waals surface area contributed by atoms with Gasteiger partial charge in [0.2, 0.25) is 0 Å². The number of ether oxygens (including phenoxy) is 2. The minimum absolute atomic E-state index is 0.0617. The Morgan fingerprint density at radius 2 is 1.77 bits per heavy atom.